The number of hydrogen-bond acceptors (Lipinski definition) is 3. The van der Waals surface area contributed by atoms with Gasteiger partial charge >= 0.3 is 0 Å². The summed E-state index contributed by atoms with van der Waals surface area (Å²) in [6, 6.07) is 5.88. The van der Waals surface area contributed by atoms with Crippen LogP contribution < -0.4 is 0 Å². The summed E-state index contributed by atoms with van der Waals surface area (Å²) in [5, 5.41) is 8.61. The van der Waals surface area contributed by atoms with Crippen LogP contribution in [0.15, 0.2) is 22.9 Å². The molecule has 1 aromatic rings. The van der Waals surface area contributed by atoms with Crippen LogP contribution in [0.5, 0.6) is 0 Å². The van der Waals surface area contributed by atoms with E-state index in [1.165, 1.54) is 0 Å². The van der Waals surface area contributed by atoms with Crippen molar-refractivity contribution in [2.24, 2.45) is 0 Å². The number of carbonyl (C=O) groups is 1. The van der Waals surface area contributed by atoms with Crippen molar-refractivity contribution in [3.05, 3.63) is 28.5 Å². The minimum atomic E-state index is -0.0391. The van der Waals surface area contributed by atoms with Gasteiger partial charge in [0.1, 0.15) is 4.60 Å². The first-order valence-electron chi connectivity index (χ1n) is 5.52. The van der Waals surface area contributed by atoms with Crippen LogP contribution in [0.4, 0.5) is 0 Å². The predicted molar refractivity (Wildman–Crippen MR) is 66.2 cm³/mol. The highest BCUT2D eigenvalue weighted by Crippen LogP contribution is 2.29. The SMILES string of the molecule is N#CCCN(C(=O)c1cccnc1Br)C1CC1. The van der Waals surface area contributed by atoms with Gasteiger partial charge in [-0.1, -0.05) is 0 Å². The highest BCUT2D eigenvalue weighted by atomic mass is 79.9. The molecular formula is C12H12BrN3O. The van der Waals surface area contributed by atoms with Crippen LogP contribution in [0.2, 0.25) is 0 Å². The van der Waals surface area contributed by atoms with Crippen LogP contribution in [0.25, 0.3) is 0 Å². The number of aromatic nitrogens is 1. The van der Waals surface area contributed by atoms with Crippen molar-refractivity contribution in [2.75, 3.05) is 6.54 Å². The Labute approximate surface area is 108 Å². The van der Waals surface area contributed by atoms with Crippen molar-refractivity contribution < 1.29 is 4.79 Å². The van der Waals surface area contributed by atoms with Gasteiger partial charge in [0.25, 0.3) is 5.91 Å². The summed E-state index contributed by atoms with van der Waals surface area (Å²) in [5.74, 6) is -0.0391. The third kappa shape index (κ3) is 2.83. The Kier molecular flexibility index (Phi) is 3.75. The highest BCUT2D eigenvalue weighted by molar-refractivity contribution is 9.10. The quantitative estimate of drug-likeness (QED) is 0.801. The zero-order valence-corrected chi connectivity index (χ0v) is 10.9. The third-order valence-corrected chi connectivity index (χ3v) is 3.33. The second kappa shape index (κ2) is 5.28. The Bertz CT molecular complexity index is 465. The van der Waals surface area contributed by atoms with Gasteiger partial charge in [-0.05, 0) is 40.9 Å². The molecule has 0 saturated heterocycles. The fourth-order valence-electron chi connectivity index (χ4n) is 1.71. The first-order chi connectivity index (χ1) is 8.24. The molecule has 1 aromatic heterocycles. The van der Waals surface area contributed by atoms with E-state index in [1.807, 2.05) is 0 Å². The van der Waals surface area contributed by atoms with Crippen LogP contribution in [0.3, 0.4) is 0 Å². The van der Waals surface area contributed by atoms with E-state index in [2.05, 4.69) is 27.0 Å². The lowest BCUT2D eigenvalue weighted by atomic mass is 10.2. The Morgan fingerprint density at radius 2 is 2.41 bits per heavy atom. The summed E-state index contributed by atoms with van der Waals surface area (Å²) in [6.45, 7) is 0.501. The number of hydrogen-bond donors (Lipinski definition) is 0. The molecule has 1 heterocycles. The van der Waals surface area contributed by atoms with E-state index in [-0.39, 0.29) is 5.91 Å². The zero-order chi connectivity index (χ0) is 12.3. The van der Waals surface area contributed by atoms with Gasteiger partial charge in [-0.3, -0.25) is 4.79 Å². The standard InChI is InChI=1S/C12H12BrN3O/c13-11-10(3-1-7-15-11)12(17)16(8-2-6-14)9-4-5-9/h1,3,7,9H,2,4-5,8H2. The van der Waals surface area contributed by atoms with Gasteiger partial charge in [0.2, 0.25) is 0 Å². The molecule has 0 radical (unpaired) electrons. The largest absolute Gasteiger partial charge is 0.335 e. The summed E-state index contributed by atoms with van der Waals surface area (Å²) in [5.41, 5.74) is 0.567. The van der Waals surface area contributed by atoms with Gasteiger partial charge in [-0.15, -0.1) is 0 Å². The van der Waals surface area contributed by atoms with Crippen molar-refractivity contribution in [1.29, 1.82) is 5.26 Å². The third-order valence-electron chi connectivity index (χ3n) is 2.70. The van der Waals surface area contributed by atoms with Gasteiger partial charge in [0, 0.05) is 18.8 Å². The number of halogens is 1. The molecule has 1 aliphatic carbocycles. The molecule has 0 aliphatic heterocycles. The van der Waals surface area contributed by atoms with E-state index in [4.69, 9.17) is 5.26 Å². The van der Waals surface area contributed by atoms with E-state index in [1.54, 1.807) is 23.2 Å². The van der Waals surface area contributed by atoms with Gasteiger partial charge in [0.15, 0.2) is 0 Å². The summed E-state index contributed by atoms with van der Waals surface area (Å²) < 4.78 is 0.563. The summed E-state index contributed by atoms with van der Waals surface area (Å²) >= 11 is 3.28. The Hall–Kier alpha value is -1.41. The number of rotatable bonds is 4. The van der Waals surface area contributed by atoms with Crippen molar-refractivity contribution in [3.8, 4) is 6.07 Å². The number of nitrogens with zero attached hydrogens (tertiary/aromatic N) is 3. The average molecular weight is 294 g/mol. The van der Waals surface area contributed by atoms with E-state index < -0.39 is 0 Å². The van der Waals surface area contributed by atoms with Gasteiger partial charge in [-0.25, -0.2) is 4.98 Å². The number of carbonyl (C=O) groups excluding carboxylic acids is 1. The maximum atomic E-state index is 12.3. The van der Waals surface area contributed by atoms with E-state index >= 15 is 0 Å². The molecule has 0 atom stereocenters. The molecule has 1 saturated carbocycles. The number of amides is 1. The molecule has 1 fully saturated rings. The molecule has 1 aliphatic rings. The average Bonchev–Trinajstić information content (AvgIpc) is 3.14. The molecule has 0 aromatic carbocycles. The molecule has 5 heteroatoms. The van der Waals surface area contributed by atoms with Crippen LogP contribution in [0, 0.1) is 11.3 Å². The van der Waals surface area contributed by atoms with Crippen LogP contribution in [0.1, 0.15) is 29.6 Å². The fraction of sp³-hybridized carbons (Fsp3) is 0.417. The predicted octanol–water partition coefficient (Wildman–Crippen LogP) is 2.36. The first kappa shape index (κ1) is 12.1. The van der Waals surface area contributed by atoms with E-state index in [0.29, 0.717) is 29.2 Å². The normalized spacial score (nSPS) is 14.1. The van der Waals surface area contributed by atoms with Gasteiger partial charge < -0.3 is 4.90 Å². The second-order valence-corrected chi connectivity index (χ2v) is 4.73. The molecular weight excluding hydrogens is 282 g/mol. The highest BCUT2D eigenvalue weighted by Gasteiger charge is 2.33. The molecule has 0 spiro atoms. The lowest BCUT2D eigenvalue weighted by molar-refractivity contribution is 0.0745. The van der Waals surface area contributed by atoms with Crippen LogP contribution >= 0.6 is 15.9 Å². The molecule has 0 bridgehead atoms. The van der Waals surface area contributed by atoms with Crippen molar-refractivity contribution in [3.63, 3.8) is 0 Å². The van der Waals surface area contributed by atoms with Crippen LogP contribution in [-0.4, -0.2) is 28.4 Å². The van der Waals surface area contributed by atoms with Gasteiger partial charge in [0.05, 0.1) is 18.1 Å². The Morgan fingerprint density at radius 3 is 3.00 bits per heavy atom. The minimum Gasteiger partial charge on any atom is -0.335 e. The summed E-state index contributed by atoms with van der Waals surface area (Å²) in [7, 11) is 0. The lowest BCUT2D eigenvalue weighted by Crippen LogP contribution is -2.34. The van der Waals surface area contributed by atoms with E-state index in [9.17, 15) is 4.79 Å². The molecule has 0 unspecified atom stereocenters. The fourth-order valence-corrected chi connectivity index (χ4v) is 2.13. The molecule has 2 rings (SSSR count). The topological polar surface area (TPSA) is 57.0 Å². The molecule has 17 heavy (non-hydrogen) atoms. The van der Waals surface area contributed by atoms with Gasteiger partial charge in [-0.2, -0.15) is 5.26 Å². The van der Waals surface area contributed by atoms with Crippen molar-refractivity contribution in [1.82, 2.24) is 9.88 Å². The molecule has 4 nitrogen and oxygen atoms in total. The zero-order valence-electron chi connectivity index (χ0n) is 9.27. The minimum absolute atomic E-state index is 0.0391. The molecule has 1 amide bonds. The molecule has 88 valence electrons. The number of nitriles is 1. The lowest BCUT2D eigenvalue weighted by Gasteiger charge is -2.21. The smallest absolute Gasteiger partial charge is 0.256 e. The summed E-state index contributed by atoms with van der Waals surface area (Å²) in [6.07, 6.45) is 4.09. The Balaban J connectivity index is 2.16. The maximum Gasteiger partial charge on any atom is 0.256 e. The maximum absolute atomic E-state index is 12.3. The molecule has 0 N–H and O–H groups in total. The van der Waals surface area contributed by atoms with Crippen LogP contribution in [-0.2, 0) is 0 Å². The Morgan fingerprint density at radius 1 is 1.65 bits per heavy atom. The first-order valence-corrected chi connectivity index (χ1v) is 6.31. The second-order valence-electron chi connectivity index (χ2n) is 3.98. The monoisotopic (exact) mass is 293 g/mol. The summed E-state index contributed by atoms with van der Waals surface area (Å²) in [4.78, 5) is 18.1. The van der Waals surface area contributed by atoms with Crippen molar-refractivity contribution >= 4 is 21.8 Å². The van der Waals surface area contributed by atoms with E-state index in [0.717, 1.165) is 12.8 Å². The number of pyridine rings is 1. The van der Waals surface area contributed by atoms with Crippen molar-refractivity contribution in [2.45, 2.75) is 25.3 Å².